The van der Waals surface area contributed by atoms with Gasteiger partial charge >= 0.3 is 0 Å². The smallest absolute Gasteiger partial charge is 0.232 e. The summed E-state index contributed by atoms with van der Waals surface area (Å²) >= 11 is 0. The van der Waals surface area contributed by atoms with Crippen molar-refractivity contribution in [2.24, 2.45) is 5.41 Å². The summed E-state index contributed by atoms with van der Waals surface area (Å²) in [7, 11) is 3.22. The largest absolute Gasteiger partial charge is 0.493 e. The summed E-state index contributed by atoms with van der Waals surface area (Å²) in [4.78, 5) is 17.0. The van der Waals surface area contributed by atoms with Crippen LogP contribution in [0.3, 0.4) is 0 Å². The third-order valence-corrected chi connectivity index (χ3v) is 5.24. The molecule has 174 valence electrons. The molecule has 0 fully saturated rings. The number of carbonyl (C=O) groups excluding carboxylic acids is 1. The van der Waals surface area contributed by atoms with Crippen LogP contribution in [-0.2, 0) is 11.2 Å². The molecule has 3 rings (SSSR count). The molecule has 7 nitrogen and oxygen atoms in total. The number of aromatic nitrogens is 1. The average Bonchev–Trinajstić information content (AvgIpc) is 2.84. The van der Waals surface area contributed by atoms with E-state index in [0.717, 1.165) is 16.8 Å². The van der Waals surface area contributed by atoms with Gasteiger partial charge in [-0.25, -0.2) is 4.98 Å². The van der Waals surface area contributed by atoms with E-state index in [1.165, 1.54) is 0 Å². The van der Waals surface area contributed by atoms with Crippen LogP contribution in [0.4, 0.5) is 5.69 Å². The summed E-state index contributed by atoms with van der Waals surface area (Å²) in [6.07, 6.45) is 0.689. The number of aliphatic hydroxyl groups excluding tert-OH is 1. The molecule has 0 atom stereocenters. The highest BCUT2D eigenvalue weighted by Crippen LogP contribution is 2.28. The average molecular weight is 451 g/mol. The summed E-state index contributed by atoms with van der Waals surface area (Å²) in [5.41, 5.74) is 2.42. The van der Waals surface area contributed by atoms with Crippen LogP contribution in [0.5, 0.6) is 17.4 Å². The summed E-state index contributed by atoms with van der Waals surface area (Å²) in [6.45, 7) is 3.61. The van der Waals surface area contributed by atoms with Gasteiger partial charge in [-0.05, 0) is 49.7 Å². The number of ether oxygens (including phenoxy) is 3. The Bertz CT molecular complexity index is 1100. The molecule has 0 bridgehead atoms. The van der Waals surface area contributed by atoms with E-state index in [-0.39, 0.29) is 12.5 Å². The van der Waals surface area contributed by atoms with Gasteiger partial charge in [-0.15, -0.1) is 0 Å². The molecule has 0 aliphatic heterocycles. The number of anilines is 1. The number of methoxy groups -OCH3 is 2. The summed E-state index contributed by atoms with van der Waals surface area (Å²) in [5, 5.41) is 12.3. The second-order valence-electron chi connectivity index (χ2n) is 8.23. The van der Waals surface area contributed by atoms with Crippen LogP contribution in [-0.4, -0.2) is 43.4 Å². The number of rotatable bonds is 10. The van der Waals surface area contributed by atoms with Crippen molar-refractivity contribution in [2.45, 2.75) is 20.3 Å². The van der Waals surface area contributed by atoms with Gasteiger partial charge in [0.25, 0.3) is 0 Å². The van der Waals surface area contributed by atoms with E-state index >= 15 is 0 Å². The molecule has 33 heavy (non-hydrogen) atoms. The molecule has 0 radical (unpaired) electrons. The Hall–Kier alpha value is -3.58. The molecule has 3 aromatic rings. The van der Waals surface area contributed by atoms with Crippen molar-refractivity contribution in [3.63, 3.8) is 0 Å². The van der Waals surface area contributed by atoms with Gasteiger partial charge in [0.05, 0.1) is 38.5 Å². The molecule has 0 unspecified atom stereocenters. The van der Waals surface area contributed by atoms with E-state index in [9.17, 15) is 9.90 Å². The number of nitrogens with one attached hydrogen (secondary N) is 1. The minimum absolute atomic E-state index is 0.233. The third kappa shape index (κ3) is 6.23. The first-order valence-electron chi connectivity index (χ1n) is 10.7. The number of hydrogen-bond donors (Lipinski definition) is 2. The molecule has 0 saturated carbocycles. The molecule has 0 aliphatic carbocycles. The van der Waals surface area contributed by atoms with E-state index in [4.69, 9.17) is 14.2 Å². The molecule has 1 amide bonds. The van der Waals surface area contributed by atoms with E-state index < -0.39 is 5.41 Å². The Morgan fingerprint density at radius 3 is 2.48 bits per heavy atom. The van der Waals surface area contributed by atoms with E-state index in [1.54, 1.807) is 34.1 Å². The normalized spacial score (nSPS) is 11.1. The molecule has 1 heterocycles. The molecule has 2 N–H and O–H groups in total. The fourth-order valence-corrected chi connectivity index (χ4v) is 3.09. The van der Waals surface area contributed by atoms with Crippen molar-refractivity contribution in [3.8, 4) is 28.6 Å². The molecule has 2 aromatic carbocycles. The second-order valence-corrected chi connectivity index (χ2v) is 8.23. The molecule has 1 aromatic heterocycles. The molecular weight excluding hydrogens is 420 g/mol. The van der Waals surface area contributed by atoms with Gasteiger partial charge < -0.3 is 24.6 Å². The van der Waals surface area contributed by atoms with Gasteiger partial charge in [0.15, 0.2) is 11.5 Å². The Kier molecular flexibility index (Phi) is 7.90. The summed E-state index contributed by atoms with van der Waals surface area (Å²) in [5.74, 6) is 1.64. The van der Waals surface area contributed by atoms with Crippen molar-refractivity contribution >= 4 is 11.6 Å². The first kappa shape index (κ1) is 24.1. The number of benzene rings is 2. The Morgan fingerprint density at radius 2 is 1.76 bits per heavy atom. The van der Waals surface area contributed by atoms with Gasteiger partial charge in [0.1, 0.15) is 0 Å². The number of carbonyl (C=O) groups is 1. The Balaban J connectivity index is 1.66. The predicted molar refractivity (Wildman–Crippen MR) is 128 cm³/mol. The molecule has 0 aliphatic rings. The lowest BCUT2D eigenvalue weighted by Crippen LogP contribution is -2.33. The summed E-state index contributed by atoms with van der Waals surface area (Å²) in [6, 6.07) is 18.8. The SMILES string of the molecule is COc1ccc(CCOc2cccc(-c3cccc(NC(=O)C(C)(C)CO)c3)n2)cc1OC. The van der Waals surface area contributed by atoms with Crippen LogP contribution in [0.1, 0.15) is 19.4 Å². The lowest BCUT2D eigenvalue weighted by molar-refractivity contribution is -0.125. The van der Waals surface area contributed by atoms with E-state index in [2.05, 4.69) is 10.3 Å². The zero-order chi connectivity index (χ0) is 23.8. The lowest BCUT2D eigenvalue weighted by Gasteiger charge is -2.20. The quantitative estimate of drug-likeness (QED) is 0.478. The van der Waals surface area contributed by atoms with Crippen molar-refractivity contribution in [1.29, 1.82) is 0 Å². The zero-order valence-electron chi connectivity index (χ0n) is 19.4. The standard InChI is InChI=1S/C26H30N2O5/c1-26(2,17-29)25(30)27-20-8-5-7-19(16-20)21-9-6-10-24(28-21)33-14-13-18-11-12-22(31-3)23(15-18)32-4/h5-12,15-16,29H,13-14,17H2,1-4H3,(H,27,30). The third-order valence-electron chi connectivity index (χ3n) is 5.24. The number of aliphatic hydroxyl groups is 1. The van der Waals surface area contributed by atoms with Gasteiger partial charge in [-0.3, -0.25) is 4.79 Å². The van der Waals surface area contributed by atoms with Crippen molar-refractivity contribution in [2.75, 3.05) is 32.8 Å². The summed E-state index contributed by atoms with van der Waals surface area (Å²) < 4.78 is 16.5. The van der Waals surface area contributed by atoms with Crippen LogP contribution in [0, 0.1) is 5.41 Å². The van der Waals surface area contributed by atoms with Gasteiger partial charge in [-0.2, -0.15) is 0 Å². The number of hydrogen-bond acceptors (Lipinski definition) is 6. The maximum absolute atomic E-state index is 12.4. The maximum atomic E-state index is 12.4. The van der Waals surface area contributed by atoms with Crippen LogP contribution in [0.2, 0.25) is 0 Å². The van der Waals surface area contributed by atoms with Gasteiger partial charge in [-0.1, -0.05) is 24.3 Å². The highest BCUT2D eigenvalue weighted by atomic mass is 16.5. The number of pyridine rings is 1. The molecule has 0 saturated heterocycles. The molecular formula is C26H30N2O5. The van der Waals surface area contributed by atoms with Crippen LogP contribution in [0.15, 0.2) is 60.7 Å². The minimum Gasteiger partial charge on any atom is -0.493 e. The number of amides is 1. The minimum atomic E-state index is -0.865. The molecule has 7 heteroatoms. The fraction of sp³-hybridized carbons (Fsp3) is 0.308. The monoisotopic (exact) mass is 450 g/mol. The van der Waals surface area contributed by atoms with E-state index in [1.807, 2.05) is 54.6 Å². The van der Waals surface area contributed by atoms with Crippen LogP contribution < -0.4 is 19.5 Å². The Morgan fingerprint density at radius 1 is 1.00 bits per heavy atom. The number of nitrogens with zero attached hydrogens (tertiary/aromatic N) is 1. The maximum Gasteiger partial charge on any atom is 0.232 e. The first-order chi connectivity index (χ1) is 15.9. The predicted octanol–water partition coefficient (Wildman–Crippen LogP) is 4.34. The van der Waals surface area contributed by atoms with Crippen LogP contribution in [0.25, 0.3) is 11.3 Å². The van der Waals surface area contributed by atoms with Gasteiger partial charge in [0.2, 0.25) is 11.8 Å². The second kappa shape index (κ2) is 10.8. The highest BCUT2D eigenvalue weighted by Gasteiger charge is 2.26. The van der Waals surface area contributed by atoms with Gasteiger partial charge in [0, 0.05) is 23.7 Å². The van der Waals surface area contributed by atoms with Crippen molar-refractivity contribution in [3.05, 3.63) is 66.2 Å². The first-order valence-corrected chi connectivity index (χ1v) is 10.7. The van der Waals surface area contributed by atoms with Crippen LogP contribution >= 0.6 is 0 Å². The van der Waals surface area contributed by atoms with Crippen molar-refractivity contribution < 1.29 is 24.1 Å². The van der Waals surface area contributed by atoms with Crippen molar-refractivity contribution in [1.82, 2.24) is 4.98 Å². The lowest BCUT2D eigenvalue weighted by atomic mass is 9.93. The fourth-order valence-electron chi connectivity index (χ4n) is 3.09. The highest BCUT2D eigenvalue weighted by molar-refractivity contribution is 5.95. The van der Waals surface area contributed by atoms with E-state index in [0.29, 0.717) is 36.1 Å². The topological polar surface area (TPSA) is 89.9 Å². The molecule has 0 spiro atoms. The Labute approximate surface area is 194 Å². The zero-order valence-corrected chi connectivity index (χ0v) is 19.4.